The predicted octanol–water partition coefficient (Wildman–Crippen LogP) is 3.15. The summed E-state index contributed by atoms with van der Waals surface area (Å²) in [6, 6.07) is 5.88. The van der Waals surface area contributed by atoms with Gasteiger partial charge in [-0.3, -0.25) is 4.79 Å². The quantitative estimate of drug-likeness (QED) is 0.858. The minimum Gasteiger partial charge on any atom is -0.489 e. The number of amides is 1. The normalized spacial score (nSPS) is 20.1. The van der Waals surface area contributed by atoms with Gasteiger partial charge in [0.2, 0.25) is 5.91 Å². The Morgan fingerprint density at radius 1 is 1.32 bits per heavy atom. The van der Waals surface area contributed by atoms with Gasteiger partial charge in [0.25, 0.3) is 0 Å². The molecule has 1 saturated carbocycles. The summed E-state index contributed by atoms with van der Waals surface area (Å²) in [5.41, 5.74) is 1.72. The van der Waals surface area contributed by atoms with Crippen LogP contribution < -0.4 is 15.4 Å². The smallest absolute Gasteiger partial charge is 0.226 e. The lowest BCUT2D eigenvalue weighted by atomic mass is 9.74. The van der Waals surface area contributed by atoms with Crippen molar-refractivity contribution in [3.8, 4) is 5.75 Å². The zero-order valence-corrected chi connectivity index (χ0v) is 11.5. The number of carbonyl (C=O) groups is 1. The molecule has 0 aromatic heterocycles. The van der Waals surface area contributed by atoms with E-state index in [1.165, 1.54) is 6.42 Å². The lowest BCUT2D eigenvalue weighted by molar-refractivity contribution is -0.117. The lowest BCUT2D eigenvalue weighted by Gasteiger charge is -2.41. The second kappa shape index (κ2) is 4.44. The van der Waals surface area contributed by atoms with Crippen LogP contribution in [-0.2, 0) is 4.79 Å². The van der Waals surface area contributed by atoms with E-state index >= 15 is 0 Å². The molecule has 0 radical (unpaired) electrons. The van der Waals surface area contributed by atoms with E-state index in [-0.39, 0.29) is 17.6 Å². The maximum Gasteiger partial charge on any atom is 0.226 e. The number of carbonyl (C=O) groups excluding carboxylic acids is 1. The van der Waals surface area contributed by atoms with E-state index in [1.54, 1.807) is 0 Å². The van der Waals surface area contributed by atoms with Gasteiger partial charge in [-0.05, 0) is 45.2 Å². The van der Waals surface area contributed by atoms with Gasteiger partial charge in [-0.1, -0.05) is 6.07 Å². The highest BCUT2D eigenvalue weighted by atomic mass is 16.5. The highest BCUT2D eigenvalue weighted by Crippen LogP contribution is 2.44. The fourth-order valence-corrected chi connectivity index (χ4v) is 2.84. The highest BCUT2D eigenvalue weighted by Gasteiger charge is 2.41. The largest absolute Gasteiger partial charge is 0.489 e. The predicted molar refractivity (Wildman–Crippen MR) is 75.7 cm³/mol. The van der Waals surface area contributed by atoms with E-state index < -0.39 is 0 Å². The van der Waals surface area contributed by atoms with E-state index in [4.69, 9.17) is 4.74 Å². The van der Waals surface area contributed by atoms with Crippen molar-refractivity contribution in [1.82, 2.24) is 0 Å². The minimum atomic E-state index is -0.0359. The molecule has 2 aliphatic rings. The Labute approximate surface area is 113 Å². The summed E-state index contributed by atoms with van der Waals surface area (Å²) in [5.74, 6) is 0.815. The van der Waals surface area contributed by atoms with Crippen LogP contribution >= 0.6 is 0 Å². The molecular weight excluding hydrogens is 240 g/mol. The molecule has 102 valence electrons. The molecular formula is C15H20N2O2. The third-order valence-corrected chi connectivity index (χ3v) is 3.86. The molecule has 1 fully saturated rings. The van der Waals surface area contributed by atoms with Crippen LogP contribution in [-0.4, -0.2) is 17.6 Å². The van der Waals surface area contributed by atoms with Gasteiger partial charge in [0, 0.05) is 12.0 Å². The number of nitrogens with one attached hydrogen (secondary N) is 2. The van der Waals surface area contributed by atoms with Crippen LogP contribution in [0, 0.1) is 0 Å². The number of rotatable bonds is 2. The summed E-state index contributed by atoms with van der Waals surface area (Å²) in [7, 11) is 0. The van der Waals surface area contributed by atoms with Crippen molar-refractivity contribution in [3.63, 3.8) is 0 Å². The number of hydrogen-bond donors (Lipinski definition) is 2. The van der Waals surface area contributed by atoms with Gasteiger partial charge in [-0.25, -0.2) is 0 Å². The van der Waals surface area contributed by atoms with Crippen LogP contribution in [0.2, 0.25) is 0 Å². The highest BCUT2D eigenvalue weighted by molar-refractivity contribution is 5.99. The molecule has 4 nitrogen and oxygen atoms in total. The van der Waals surface area contributed by atoms with Gasteiger partial charge < -0.3 is 15.4 Å². The van der Waals surface area contributed by atoms with Crippen LogP contribution in [0.1, 0.15) is 39.5 Å². The van der Waals surface area contributed by atoms with Crippen molar-refractivity contribution in [2.24, 2.45) is 0 Å². The maximum absolute atomic E-state index is 12.1. The molecule has 1 amide bonds. The van der Waals surface area contributed by atoms with Crippen molar-refractivity contribution < 1.29 is 9.53 Å². The SMILES string of the molecule is CC(C)Oc1cccc2c1NC(=O)CC1(CCC1)N2. The molecule has 4 heteroatoms. The van der Waals surface area contributed by atoms with Gasteiger partial charge in [0.15, 0.2) is 0 Å². The molecule has 0 unspecified atom stereocenters. The van der Waals surface area contributed by atoms with Crippen LogP contribution in [0.15, 0.2) is 18.2 Å². The van der Waals surface area contributed by atoms with Crippen molar-refractivity contribution in [2.75, 3.05) is 10.6 Å². The van der Waals surface area contributed by atoms with E-state index in [2.05, 4.69) is 10.6 Å². The number of fused-ring (bicyclic) bond motifs is 1. The van der Waals surface area contributed by atoms with Crippen molar-refractivity contribution in [3.05, 3.63) is 18.2 Å². The molecule has 1 spiro atoms. The van der Waals surface area contributed by atoms with Gasteiger partial charge in [0.1, 0.15) is 11.4 Å². The molecule has 19 heavy (non-hydrogen) atoms. The summed E-state index contributed by atoms with van der Waals surface area (Å²) in [5, 5.41) is 6.55. The minimum absolute atomic E-state index is 0.0359. The molecule has 1 heterocycles. The molecule has 1 aliphatic carbocycles. The Balaban J connectivity index is 1.98. The summed E-state index contributed by atoms with van der Waals surface area (Å²) in [6.07, 6.45) is 3.95. The first-order valence-electron chi connectivity index (χ1n) is 6.96. The lowest BCUT2D eigenvalue weighted by Crippen LogP contribution is -2.46. The summed E-state index contributed by atoms with van der Waals surface area (Å²) in [4.78, 5) is 12.1. The standard InChI is InChI=1S/C15H20N2O2/c1-10(2)19-12-6-3-5-11-14(12)16-13(18)9-15(17-11)7-4-8-15/h3,5-6,10,17H,4,7-9H2,1-2H3,(H,16,18). The van der Waals surface area contributed by atoms with E-state index in [0.29, 0.717) is 6.42 Å². The second-order valence-electron chi connectivity index (χ2n) is 5.83. The number of anilines is 2. The topological polar surface area (TPSA) is 50.4 Å². The van der Waals surface area contributed by atoms with Gasteiger partial charge in [-0.2, -0.15) is 0 Å². The third kappa shape index (κ3) is 2.27. The fourth-order valence-electron chi connectivity index (χ4n) is 2.84. The number of hydrogen-bond acceptors (Lipinski definition) is 3. The molecule has 3 rings (SSSR count). The van der Waals surface area contributed by atoms with E-state index in [9.17, 15) is 4.79 Å². The monoisotopic (exact) mass is 260 g/mol. The Morgan fingerprint density at radius 3 is 2.74 bits per heavy atom. The molecule has 2 N–H and O–H groups in total. The zero-order chi connectivity index (χ0) is 13.5. The fraction of sp³-hybridized carbons (Fsp3) is 0.533. The number of ether oxygens (including phenoxy) is 1. The Hall–Kier alpha value is -1.71. The average molecular weight is 260 g/mol. The van der Waals surface area contributed by atoms with E-state index in [0.717, 1.165) is 30.0 Å². The molecule has 1 aliphatic heterocycles. The van der Waals surface area contributed by atoms with Crippen LogP contribution in [0.3, 0.4) is 0 Å². The Kier molecular flexibility index (Phi) is 2.88. The first kappa shape index (κ1) is 12.3. The third-order valence-electron chi connectivity index (χ3n) is 3.86. The first-order chi connectivity index (χ1) is 9.08. The van der Waals surface area contributed by atoms with Crippen molar-refractivity contribution in [1.29, 1.82) is 0 Å². The van der Waals surface area contributed by atoms with Crippen LogP contribution in [0.5, 0.6) is 5.75 Å². The maximum atomic E-state index is 12.1. The molecule has 0 atom stereocenters. The van der Waals surface area contributed by atoms with Crippen molar-refractivity contribution in [2.45, 2.75) is 51.2 Å². The van der Waals surface area contributed by atoms with E-state index in [1.807, 2.05) is 32.0 Å². The number of benzene rings is 1. The second-order valence-corrected chi connectivity index (χ2v) is 5.83. The summed E-state index contributed by atoms with van der Waals surface area (Å²) < 4.78 is 5.78. The summed E-state index contributed by atoms with van der Waals surface area (Å²) >= 11 is 0. The van der Waals surface area contributed by atoms with Crippen molar-refractivity contribution >= 4 is 17.3 Å². The Morgan fingerprint density at radius 2 is 2.11 bits per heavy atom. The van der Waals surface area contributed by atoms with Crippen LogP contribution in [0.4, 0.5) is 11.4 Å². The van der Waals surface area contributed by atoms with Gasteiger partial charge in [0.05, 0.1) is 11.8 Å². The van der Waals surface area contributed by atoms with Gasteiger partial charge in [-0.15, -0.1) is 0 Å². The summed E-state index contributed by atoms with van der Waals surface area (Å²) in [6.45, 7) is 3.97. The zero-order valence-electron chi connectivity index (χ0n) is 11.5. The van der Waals surface area contributed by atoms with Gasteiger partial charge >= 0.3 is 0 Å². The molecule has 1 aromatic carbocycles. The average Bonchev–Trinajstić information content (AvgIpc) is 2.44. The molecule has 0 saturated heterocycles. The number of para-hydroxylation sites is 1. The Bertz CT molecular complexity index is 507. The van der Waals surface area contributed by atoms with Crippen LogP contribution in [0.25, 0.3) is 0 Å². The first-order valence-corrected chi connectivity index (χ1v) is 6.96. The molecule has 1 aromatic rings. The molecule has 0 bridgehead atoms.